The Labute approximate surface area is 140 Å². The van der Waals surface area contributed by atoms with Crippen molar-refractivity contribution in [3.05, 3.63) is 12.2 Å². The summed E-state index contributed by atoms with van der Waals surface area (Å²) in [6.07, 6.45) is 2.77. The van der Waals surface area contributed by atoms with E-state index in [1.807, 2.05) is 0 Å². The third-order valence-corrected chi connectivity index (χ3v) is 6.30. The number of esters is 1. The van der Waals surface area contributed by atoms with Crippen LogP contribution in [0, 0.1) is 0 Å². The fourth-order valence-corrected chi connectivity index (χ4v) is 4.33. The van der Waals surface area contributed by atoms with Crippen molar-refractivity contribution in [1.82, 2.24) is 0 Å². The van der Waals surface area contributed by atoms with Gasteiger partial charge in [0, 0.05) is 25.8 Å². The zero-order valence-corrected chi connectivity index (χ0v) is 15.6. The molecule has 0 bridgehead atoms. The van der Waals surface area contributed by atoms with Crippen LogP contribution in [0.5, 0.6) is 0 Å². The highest BCUT2D eigenvalue weighted by Crippen LogP contribution is 2.21. The molecule has 0 aliphatic rings. The Morgan fingerprint density at radius 1 is 1.13 bits per heavy atom. The summed E-state index contributed by atoms with van der Waals surface area (Å²) in [6, 6.07) is 0.669. The van der Waals surface area contributed by atoms with Crippen molar-refractivity contribution >= 4 is 14.8 Å². The summed E-state index contributed by atoms with van der Waals surface area (Å²) >= 11 is 0. The summed E-state index contributed by atoms with van der Waals surface area (Å²) in [4.78, 5) is 11.3. The maximum absolute atomic E-state index is 11.3. The van der Waals surface area contributed by atoms with Gasteiger partial charge >= 0.3 is 14.8 Å². The molecule has 0 aliphatic heterocycles. The molecule has 136 valence electrons. The zero-order chi connectivity index (χ0) is 17.7. The summed E-state index contributed by atoms with van der Waals surface area (Å²) in [5.41, 5.74) is 11.6. The van der Waals surface area contributed by atoms with Gasteiger partial charge in [0.15, 0.2) is 0 Å². The Morgan fingerprint density at radius 2 is 1.78 bits per heavy atom. The van der Waals surface area contributed by atoms with Gasteiger partial charge in [0.2, 0.25) is 0 Å². The molecule has 0 rings (SSSR count). The molecule has 0 spiro atoms. The van der Waals surface area contributed by atoms with Crippen LogP contribution in [0.15, 0.2) is 12.2 Å². The Morgan fingerprint density at radius 3 is 2.26 bits per heavy atom. The number of ether oxygens (including phenoxy) is 1. The normalized spacial score (nSPS) is 12.9. The molecule has 7 nitrogen and oxygen atoms in total. The number of rotatable bonds is 14. The Hall–Kier alpha value is -0.773. The van der Waals surface area contributed by atoms with Gasteiger partial charge in [0.25, 0.3) is 0 Å². The average Bonchev–Trinajstić information content (AvgIpc) is 2.55. The molecule has 0 aromatic carbocycles. The minimum atomic E-state index is -2.72. The van der Waals surface area contributed by atoms with Crippen LogP contribution in [0.4, 0.5) is 0 Å². The first-order valence-electron chi connectivity index (χ1n) is 7.95. The first-order chi connectivity index (χ1) is 10.9. The van der Waals surface area contributed by atoms with E-state index in [9.17, 15) is 4.79 Å². The second-order valence-corrected chi connectivity index (χ2v) is 8.28. The van der Waals surface area contributed by atoms with E-state index in [4.69, 9.17) is 29.5 Å². The molecule has 4 N–H and O–H groups in total. The highest BCUT2D eigenvalue weighted by atomic mass is 28.4. The maximum Gasteiger partial charge on any atom is 0.500 e. The largest absolute Gasteiger partial charge is 0.500 e. The molecule has 0 saturated heterocycles. The van der Waals surface area contributed by atoms with Crippen LogP contribution < -0.4 is 11.5 Å². The highest BCUT2D eigenvalue weighted by Gasteiger charge is 2.40. The Kier molecular flexibility index (Phi) is 12.2. The highest BCUT2D eigenvalue weighted by molar-refractivity contribution is 6.60. The van der Waals surface area contributed by atoms with Crippen LogP contribution in [0.25, 0.3) is 0 Å². The van der Waals surface area contributed by atoms with E-state index in [0.29, 0.717) is 50.6 Å². The fourth-order valence-electron chi connectivity index (χ4n) is 2.06. The van der Waals surface area contributed by atoms with E-state index in [0.717, 1.165) is 6.42 Å². The minimum absolute atomic E-state index is 0.0899. The Balaban J connectivity index is 4.46. The lowest BCUT2D eigenvalue weighted by molar-refractivity contribution is -0.139. The van der Waals surface area contributed by atoms with Gasteiger partial charge in [0.1, 0.15) is 0 Å². The second kappa shape index (κ2) is 12.6. The number of carbonyl (C=O) groups excluding carboxylic acids is 1. The number of hydrogen-bond donors (Lipinski definition) is 2. The molecule has 8 heteroatoms. The van der Waals surface area contributed by atoms with Crippen molar-refractivity contribution < 1.29 is 22.8 Å². The third-order valence-electron chi connectivity index (χ3n) is 3.40. The molecule has 0 fully saturated rings. The molecule has 0 heterocycles. The molecule has 0 saturated carbocycles. The van der Waals surface area contributed by atoms with Crippen molar-refractivity contribution in [2.24, 2.45) is 11.5 Å². The summed E-state index contributed by atoms with van der Waals surface area (Å²) in [5.74, 6) is -0.373. The maximum atomic E-state index is 11.3. The molecular weight excluding hydrogens is 316 g/mol. The predicted molar refractivity (Wildman–Crippen MR) is 91.8 cm³/mol. The second-order valence-electron chi connectivity index (χ2n) is 5.36. The summed E-state index contributed by atoms with van der Waals surface area (Å²) < 4.78 is 22.3. The standard InChI is InChI=1S/C15H32N2O5Si/c1-13(2)15(18)21-11-5-7-14(8-10-17)22-23(19-3,20-4)12-6-9-16/h14H,1,5-12,16-17H2,2-4H3. The van der Waals surface area contributed by atoms with Gasteiger partial charge < -0.3 is 29.5 Å². The van der Waals surface area contributed by atoms with Gasteiger partial charge in [-0.05, 0) is 45.7 Å². The molecule has 0 aliphatic carbocycles. The summed E-state index contributed by atoms with van der Waals surface area (Å²) in [7, 11) is 0.473. The lowest BCUT2D eigenvalue weighted by atomic mass is 10.1. The van der Waals surface area contributed by atoms with E-state index in [-0.39, 0.29) is 12.1 Å². The van der Waals surface area contributed by atoms with Crippen LogP contribution >= 0.6 is 0 Å². The smallest absolute Gasteiger partial charge is 0.462 e. The van der Waals surface area contributed by atoms with Crippen molar-refractivity contribution in [3.63, 3.8) is 0 Å². The van der Waals surface area contributed by atoms with Crippen LogP contribution in [0.1, 0.15) is 32.6 Å². The zero-order valence-electron chi connectivity index (χ0n) is 14.6. The van der Waals surface area contributed by atoms with E-state index in [2.05, 4.69) is 6.58 Å². The first kappa shape index (κ1) is 22.2. The quantitative estimate of drug-likeness (QED) is 0.210. The van der Waals surface area contributed by atoms with Crippen molar-refractivity contribution in [1.29, 1.82) is 0 Å². The Bertz CT molecular complexity index is 351. The molecule has 1 atom stereocenters. The van der Waals surface area contributed by atoms with Crippen molar-refractivity contribution in [2.75, 3.05) is 33.9 Å². The average molecular weight is 349 g/mol. The molecule has 23 heavy (non-hydrogen) atoms. The van der Waals surface area contributed by atoms with Gasteiger partial charge in [-0.2, -0.15) is 0 Å². The van der Waals surface area contributed by atoms with Crippen molar-refractivity contribution in [3.8, 4) is 0 Å². The first-order valence-corrected chi connectivity index (χ1v) is 9.88. The SMILES string of the molecule is C=C(C)C(=O)OCCCC(CCN)O[Si](CCCN)(OC)OC. The molecule has 0 amide bonds. The van der Waals surface area contributed by atoms with E-state index in [1.54, 1.807) is 21.1 Å². The topological polar surface area (TPSA) is 106 Å². The van der Waals surface area contributed by atoms with Crippen LogP contribution in [0.3, 0.4) is 0 Å². The van der Waals surface area contributed by atoms with Gasteiger partial charge in [-0.3, -0.25) is 0 Å². The number of carbonyl (C=O) groups is 1. The monoisotopic (exact) mass is 348 g/mol. The van der Waals surface area contributed by atoms with Crippen LogP contribution in [0.2, 0.25) is 6.04 Å². The lowest BCUT2D eigenvalue weighted by Gasteiger charge is -2.31. The van der Waals surface area contributed by atoms with Gasteiger partial charge in [-0.15, -0.1) is 0 Å². The minimum Gasteiger partial charge on any atom is -0.462 e. The summed E-state index contributed by atoms with van der Waals surface area (Å²) in [6.45, 7) is 6.56. The van der Waals surface area contributed by atoms with Crippen LogP contribution in [-0.2, 0) is 22.8 Å². The predicted octanol–water partition coefficient (Wildman–Crippen LogP) is 1.20. The fraction of sp³-hybridized carbons (Fsp3) is 0.800. The number of hydrogen-bond acceptors (Lipinski definition) is 7. The molecule has 0 aromatic rings. The van der Waals surface area contributed by atoms with E-state index >= 15 is 0 Å². The molecule has 0 radical (unpaired) electrons. The lowest BCUT2D eigenvalue weighted by Crippen LogP contribution is -2.47. The number of nitrogens with two attached hydrogens (primary N) is 2. The molecular formula is C15H32N2O5Si. The van der Waals surface area contributed by atoms with Gasteiger partial charge in [-0.1, -0.05) is 6.58 Å². The molecule has 0 aromatic heterocycles. The van der Waals surface area contributed by atoms with Gasteiger partial charge in [0.05, 0.1) is 12.7 Å². The van der Waals surface area contributed by atoms with E-state index in [1.165, 1.54) is 0 Å². The van der Waals surface area contributed by atoms with Gasteiger partial charge in [-0.25, -0.2) is 4.79 Å². The van der Waals surface area contributed by atoms with Crippen LogP contribution in [-0.4, -0.2) is 54.8 Å². The van der Waals surface area contributed by atoms with Crippen molar-refractivity contribution in [2.45, 2.75) is 44.8 Å². The third kappa shape index (κ3) is 9.19. The van der Waals surface area contributed by atoms with E-state index < -0.39 is 8.80 Å². The summed E-state index contributed by atoms with van der Waals surface area (Å²) in [5, 5.41) is 0. The molecule has 1 unspecified atom stereocenters.